The van der Waals surface area contributed by atoms with Crippen LogP contribution in [-0.2, 0) is 15.7 Å². The highest BCUT2D eigenvalue weighted by Gasteiger charge is 2.53. The summed E-state index contributed by atoms with van der Waals surface area (Å²) in [6.07, 6.45) is -1.14. The third-order valence-corrected chi connectivity index (χ3v) is 7.67. The Kier molecular flexibility index (Phi) is 5.87. The lowest BCUT2D eigenvalue weighted by Gasteiger charge is -2.48. The second kappa shape index (κ2) is 7.99. The summed E-state index contributed by atoms with van der Waals surface area (Å²) in [6, 6.07) is 4.41. The molecule has 3 aliphatic rings. The monoisotopic (exact) mass is 455 g/mol. The van der Waals surface area contributed by atoms with Crippen molar-refractivity contribution in [1.29, 1.82) is 0 Å². The van der Waals surface area contributed by atoms with E-state index in [9.17, 15) is 23.1 Å². The molecule has 3 saturated heterocycles. The number of halogens is 3. The lowest BCUT2D eigenvalue weighted by molar-refractivity contribution is -0.245. The summed E-state index contributed by atoms with van der Waals surface area (Å²) in [7, 11) is 0. The minimum absolute atomic E-state index is 0.0197. The number of benzene rings is 1. The molecule has 8 heteroatoms. The van der Waals surface area contributed by atoms with Gasteiger partial charge in [0.25, 0.3) is 5.91 Å². The van der Waals surface area contributed by atoms with Crippen LogP contribution in [0.15, 0.2) is 24.3 Å². The Morgan fingerprint density at radius 1 is 1.09 bits per heavy atom. The number of piperidine rings is 1. The molecule has 0 unspecified atom stereocenters. The van der Waals surface area contributed by atoms with Crippen molar-refractivity contribution in [3.05, 3.63) is 35.4 Å². The van der Waals surface area contributed by atoms with Crippen LogP contribution in [0.1, 0.15) is 68.8 Å². The first-order valence-electron chi connectivity index (χ1n) is 11.3. The number of hydrogen-bond acceptors (Lipinski definition) is 4. The van der Waals surface area contributed by atoms with Crippen LogP contribution in [0.3, 0.4) is 0 Å². The number of hydrogen-bond donors (Lipinski definition) is 1. The van der Waals surface area contributed by atoms with Crippen LogP contribution in [-0.4, -0.2) is 59.0 Å². The molecule has 3 atom stereocenters. The average Bonchev–Trinajstić information content (AvgIpc) is 3.15. The standard InChI is InChI=1S/C24H32F3NO4/c1-21(2)18(29)8-9-22(3,32-21)19-14-23(15-31-19)10-12-28(13-11-23)20(30)16-4-6-17(7-5-16)24(25,26)27/h4-7,18-19,29H,8-15H2,1-3H3/t18-,19+,22+/m0/s1. The van der Waals surface area contributed by atoms with E-state index in [0.717, 1.165) is 37.8 Å². The lowest BCUT2D eigenvalue weighted by atomic mass is 9.73. The second-order valence-electron chi connectivity index (χ2n) is 10.4. The van der Waals surface area contributed by atoms with E-state index in [4.69, 9.17) is 9.47 Å². The number of rotatable bonds is 2. The molecule has 1 amide bonds. The number of carbonyl (C=O) groups excluding carboxylic acids is 1. The molecule has 32 heavy (non-hydrogen) atoms. The van der Waals surface area contributed by atoms with Gasteiger partial charge < -0.3 is 19.5 Å². The highest BCUT2D eigenvalue weighted by molar-refractivity contribution is 5.94. The summed E-state index contributed by atoms with van der Waals surface area (Å²) >= 11 is 0. The third kappa shape index (κ3) is 4.41. The molecule has 5 nitrogen and oxygen atoms in total. The fourth-order valence-electron chi connectivity index (χ4n) is 5.42. The normalized spacial score (nSPS) is 32.3. The van der Waals surface area contributed by atoms with Crippen LogP contribution in [0.5, 0.6) is 0 Å². The van der Waals surface area contributed by atoms with Gasteiger partial charge in [-0.3, -0.25) is 4.79 Å². The van der Waals surface area contributed by atoms with E-state index < -0.39 is 29.0 Å². The molecule has 4 rings (SSSR count). The number of ether oxygens (including phenoxy) is 2. The predicted molar refractivity (Wildman–Crippen MR) is 112 cm³/mol. The van der Waals surface area contributed by atoms with Crippen molar-refractivity contribution >= 4 is 5.91 Å². The smallest absolute Gasteiger partial charge is 0.390 e. The minimum atomic E-state index is -4.41. The first kappa shape index (κ1) is 23.5. The number of nitrogens with zero attached hydrogens (tertiary/aromatic N) is 1. The predicted octanol–water partition coefficient (Wildman–Crippen LogP) is 4.43. The maximum absolute atomic E-state index is 12.8. The highest BCUT2D eigenvalue weighted by Crippen LogP contribution is 2.49. The van der Waals surface area contributed by atoms with E-state index in [1.807, 2.05) is 13.8 Å². The maximum atomic E-state index is 12.8. The van der Waals surface area contributed by atoms with Gasteiger partial charge in [-0.25, -0.2) is 0 Å². The van der Waals surface area contributed by atoms with E-state index in [2.05, 4.69) is 6.92 Å². The molecule has 0 aromatic heterocycles. The number of carbonyl (C=O) groups is 1. The number of aliphatic hydroxyl groups excluding tert-OH is 1. The topological polar surface area (TPSA) is 59.0 Å². The van der Waals surface area contributed by atoms with Gasteiger partial charge in [-0.2, -0.15) is 13.2 Å². The van der Waals surface area contributed by atoms with Crippen molar-refractivity contribution in [3.8, 4) is 0 Å². The Morgan fingerprint density at radius 3 is 2.28 bits per heavy atom. The summed E-state index contributed by atoms with van der Waals surface area (Å²) < 4.78 is 50.9. The fraction of sp³-hybridized carbons (Fsp3) is 0.708. The number of aliphatic hydroxyl groups is 1. The quantitative estimate of drug-likeness (QED) is 0.717. The molecule has 1 N–H and O–H groups in total. The Morgan fingerprint density at radius 2 is 1.72 bits per heavy atom. The van der Waals surface area contributed by atoms with Crippen molar-refractivity contribution < 1.29 is 32.5 Å². The summed E-state index contributed by atoms with van der Waals surface area (Å²) in [5.74, 6) is -0.234. The van der Waals surface area contributed by atoms with E-state index in [1.54, 1.807) is 4.90 Å². The Bertz CT molecular complexity index is 846. The summed E-state index contributed by atoms with van der Waals surface area (Å²) in [5, 5.41) is 10.2. The summed E-state index contributed by atoms with van der Waals surface area (Å²) in [6.45, 7) is 7.60. The Labute approximate surface area is 186 Å². The van der Waals surface area contributed by atoms with Crippen molar-refractivity contribution in [2.45, 2.75) is 82.5 Å². The molecule has 1 spiro atoms. The van der Waals surface area contributed by atoms with Crippen molar-refractivity contribution in [2.24, 2.45) is 5.41 Å². The van der Waals surface area contributed by atoms with Gasteiger partial charge in [0, 0.05) is 18.7 Å². The van der Waals surface area contributed by atoms with Gasteiger partial charge in [-0.1, -0.05) is 0 Å². The largest absolute Gasteiger partial charge is 0.416 e. The second-order valence-corrected chi connectivity index (χ2v) is 10.4. The van der Waals surface area contributed by atoms with Gasteiger partial charge >= 0.3 is 6.18 Å². The first-order chi connectivity index (χ1) is 14.8. The molecule has 1 aromatic rings. The molecule has 0 radical (unpaired) electrons. The van der Waals surface area contributed by atoms with Crippen molar-refractivity contribution in [1.82, 2.24) is 4.90 Å². The average molecular weight is 456 g/mol. The van der Waals surface area contributed by atoms with Gasteiger partial charge in [-0.05, 0) is 82.6 Å². The van der Waals surface area contributed by atoms with Crippen LogP contribution in [0.25, 0.3) is 0 Å². The van der Waals surface area contributed by atoms with E-state index in [0.29, 0.717) is 26.1 Å². The number of likely N-dealkylation sites (tertiary alicyclic amines) is 1. The number of alkyl halides is 3. The highest BCUT2D eigenvalue weighted by atomic mass is 19.4. The zero-order chi connectivity index (χ0) is 23.4. The van der Waals surface area contributed by atoms with Crippen LogP contribution in [0.4, 0.5) is 13.2 Å². The van der Waals surface area contributed by atoms with Crippen LogP contribution in [0, 0.1) is 5.41 Å². The first-order valence-corrected chi connectivity index (χ1v) is 11.3. The molecule has 0 aliphatic carbocycles. The molecule has 0 saturated carbocycles. The van der Waals surface area contributed by atoms with Crippen LogP contribution < -0.4 is 0 Å². The maximum Gasteiger partial charge on any atom is 0.416 e. The molecule has 1 aromatic carbocycles. The number of amides is 1. The SMILES string of the molecule is CC1(C)O[C@@](C)([C@H]2CC3(CCN(C(=O)c4ccc(C(F)(F)F)cc4)CC3)CO2)CC[C@@H]1O. The van der Waals surface area contributed by atoms with Crippen molar-refractivity contribution in [3.63, 3.8) is 0 Å². The zero-order valence-corrected chi connectivity index (χ0v) is 18.9. The van der Waals surface area contributed by atoms with Gasteiger partial charge in [0.2, 0.25) is 0 Å². The minimum Gasteiger partial charge on any atom is -0.390 e. The van der Waals surface area contributed by atoms with E-state index >= 15 is 0 Å². The third-order valence-electron chi connectivity index (χ3n) is 7.67. The lowest BCUT2D eigenvalue weighted by Crippen LogP contribution is -2.56. The Balaban J connectivity index is 1.36. The Hall–Kier alpha value is -1.64. The molecular weight excluding hydrogens is 423 g/mol. The van der Waals surface area contributed by atoms with Gasteiger partial charge in [0.15, 0.2) is 0 Å². The van der Waals surface area contributed by atoms with Gasteiger partial charge in [0.05, 0.1) is 35.6 Å². The fourth-order valence-corrected chi connectivity index (χ4v) is 5.42. The van der Waals surface area contributed by atoms with Gasteiger partial charge in [0.1, 0.15) is 0 Å². The molecule has 3 fully saturated rings. The summed E-state index contributed by atoms with van der Waals surface area (Å²) in [5.41, 5.74) is -1.58. The molecular formula is C24H32F3NO4. The summed E-state index contributed by atoms with van der Waals surface area (Å²) in [4.78, 5) is 14.5. The van der Waals surface area contributed by atoms with Gasteiger partial charge in [-0.15, -0.1) is 0 Å². The van der Waals surface area contributed by atoms with E-state index in [-0.39, 0.29) is 23.0 Å². The van der Waals surface area contributed by atoms with E-state index in [1.165, 1.54) is 12.1 Å². The molecule has 3 aliphatic heterocycles. The molecule has 178 valence electrons. The molecule has 0 bridgehead atoms. The molecule has 3 heterocycles. The van der Waals surface area contributed by atoms with Crippen molar-refractivity contribution in [2.75, 3.05) is 19.7 Å². The van der Waals surface area contributed by atoms with Crippen LogP contribution in [0.2, 0.25) is 0 Å². The van der Waals surface area contributed by atoms with Crippen LogP contribution >= 0.6 is 0 Å². The zero-order valence-electron chi connectivity index (χ0n) is 18.9.